The predicted octanol–water partition coefficient (Wildman–Crippen LogP) is 7.56. The van der Waals surface area contributed by atoms with Gasteiger partial charge in [0.2, 0.25) is 0 Å². The number of nitrogens with one attached hydrogen (secondary N) is 3. The van der Waals surface area contributed by atoms with Crippen molar-refractivity contribution in [3.63, 3.8) is 0 Å². The van der Waals surface area contributed by atoms with Crippen LogP contribution in [0.5, 0.6) is 0 Å². The summed E-state index contributed by atoms with van der Waals surface area (Å²) in [5.74, 6) is -0.885. The summed E-state index contributed by atoms with van der Waals surface area (Å²) in [7, 11) is -6.84. The maximum Gasteiger partial charge on any atom is 0.137 e. The second-order valence-electron chi connectivity index (χ2n) is 18.7. The van der Waals surface area contributed by atoms with E-state index in [1.807, 2.05) is 48.0 Å². The average molecular weight is 978 g/mol. The van der Waals surface area contributed by atoms with E-state index in [1.165, 1.54) is 40.6 Å². The zero-order valence-electron chi connectivity index (χ0n) is 37.4. The number of rotatable bonds is 15. The number of carbonyl (C=O) groups excluding carboxylic acids is 1. The normalized spacial score (nSPS) is 19.1. The molecular weight excluding hydrogens is 919 g/mol. The van der Waals surface area contributed by atoms with Crippen molar-refractivity contribution in [2.45, 2.75) is 53.8 Å². The van der Waals surface area contributed by atoms with E-state index in [-0.39, 0.29) is 35.9 Å². The fourth-order valence-electron chi connectivity index (χ4n) is 9.10. The van der Waals surface area contributed by atoms with Crippen LogP contribution in [0.4, 0.5) is 17.1 Å². The van der Waals surface area contributed by atoms with Gasteiger partial charge in [-0.2, -0.15) is 0 Å². The van der Waals surface area contributed by atoms with E-state index in [4.69, 9.17) is 11.6 Å². The summed E-state index contributed by atoms with van der Waals surface area (Å²) < 4.78 is 29.8. The van der Waals surface area contributed by atoms with Crippen molar-refractivity contribution in [3.05, 3.63) is 117 Å². The van der Waals surface area contributed by atoms with Crippen LogP contribution in [0.3, 0.4) is 0 Å². The molecule has 1 atom stereocenters. The first-order valence-electron chi connectivity index (χ1n) is 22.3. The monoisotopic (exact) mass is 976 g/mol. The summed E-state index contributed by atoms with van der Waals surface area (Å²) in [6.45, 7) is 11.8. The number of hydrogen-bond donors (Lipinski definition) is 5. The van der Waals surface area contributed by atoms with Crippen molar-refractivity contribution < 1.29 is 28.1 Å². The van der Waals surface area contributed by atoms with E-state index in [2.05, 4.69) is 55.8 Å². The minimum atomic E-state index is -4.59. The van der Waals surface area contributed by atoms with Gasteiger partial charge >= 0.3 is 152 Å². The number of piperazine rings is 1. The number of nitrogens with zero attached hydrogens (tertiary/aromatic N) is 5. The van der Waals surface area contributed by atoms with E-state index in [0.29, 0.717) is 36.0 Å². The molecule has 2 aromatic heterocycles. The molecule has 0 radical (unpaired) electrons. The van der Waals surface area contributed by atoms with Gasteiger partial charge in [-0.05, 0) is 78.3 Å². The molecule has 1 amide bonds. The number of halogens is 1. The predicted molar refractivity (Wildman–Crippen MR) is 266 cm³/mol. The molecular formula is C47H58ClN8O7PS2. The zero-order chi connectivity index (χ0) is 46.8. The fraction of sp³-hybridized carbons (Fsp3) is 0.404. The molecule has 2 fully saturated rings. The Morgan fingerprint density at radius 3 is 2.48 bits per heavy atom. The number of carbonyl (C=O) groups is 1. The number of hydrogen-bond acceptors (Lipinski definition) is 13. The van der Waals surface area contributed by atoms with Crippen LogP contribution in [-0.2, 0) is 10.0 Å². The summed E-state index contributed by atoms with van der Waals surface area (Å²) in [5.41, 5.74) is 5.64. The van der Waals surface area contributed by atoms with E-state index in [0.717, 1.165) is 79.0 Å². The number of aliphatic hydroxyl groups is 1. The Morgan fingerprint density at radius 1 is 1.03 bits per heavy atom. The Hall–Kier alpha value is -4.58. The standard InChI is InChI=1S/C47H58ClN8O7PS2/c1-47(2)14-12-34(41(27-47)32-4-6-35(48)7-5-32)30-53-16-18-54(19-17-53)36-8-10-40(44(25-36)65-38-24-33-13-15-49-45(33)51-29-38)46(58)52-66(62,63)39-9-11-42(43(26-39)56(59)60)50-28-37(31-57)55-20-22-64(3,61)23-21-55/h4-11,13,15,24-26,29,37,50,57,61,64H,12,14,16-23,27-28,30-31H2,1-3H3,(H,49,51)(H,52,58). The number of nitro benzene ring substituents is 1. The van der Waals surface area contributed by atoms with Crippen LogP contribution >= 0.6 is 30.9 Å². The summed E-state index contributed by atoms with van der Waals surface area (Å²) in [6.07, 6.45) is 8.02. The van der Waals surface area contributed by atoms with Crippen LogP contribution in [-0.4, -0.2) is 133 Å². The quantitative estimate of drug-likeness (QED) is 0.0392. The first kappa shape index (κ1) is 47.9. The Labute approximate surface area is 395 Å². The summed E-state index contributed by atoms with van der Waals surface area (Å²) in [5, 5.41) is 27.0. The third-order valence-corrected chi connectivity index (χ3v) is 18.4. The van der Waals surface area contributed by atoms with Crippen molar-refractivity contribution in [2.24, 2.45) is 5.41 Å². The molecule has 19 heteroatoms. The number of nitro groups is 1. The van der Waals surface area contributed by atoms with Crippen LogP contribution in [0, 0.1) is 15.5 Å². The van der Waals surface area contributed by atoms with Gasteiger partial charge in [0.25, 0.3) is 5.91 Å². The smallest absolute Gasteiger partial charge is 0.137 e. The topological polar surface area (TPSA) is 197 Å². The fourth-order valence-corrected chi connectivity index (χ4v) is 13.0. The number of sulfonamides is 1. The van der Waals surface area contributed by atoms with Crippen LogP contribution in [0.15, 0.2) is 105 Å². The van der Waals surface area contributed by atoms with Gasteiger partial charge < -0.3 is 9.88 Å². The third kappa shape index (κ3) is 11.4. The molecule has 1 aliphatic carbocycles. The van der Waals surface area contributed by atoms with Gasteiger partial charge in [0.1, 0.15) is 5.65 Å². The maximum atomic E-state index is 14.1. The number of aromatic nitrogens is 2. The number of H-pyrrole nitrogens is 1. The van der Waals surface area contributed by atoms with Crippen molar-refractivity contribution in [1.82, 2.24) is 24.5 Å². The van der Waals surface area contributed by atoms with Crippen molar-refractivity contribution >= 4 is 80.5 Å². The molecule has 66 heavy (non-hydrogen) atoms. The Bertz CT molecular complexity index is 2730. The van der Waals surface area contributed by atoms with Gasteiger partial charge in [0, 0.05) is 71.0 Å². The van der Waals surface area contributed by atoms with Crippen molar-refractivity contribution in [1.29, 1.82) is 0 Å². The van der Waals surface area contributed by atoms with E-state index >= 15 is 0 Å². The molecule has 5 aromatic rings. The van der Waals surface area contributed by atoms with Crippen molar-refractivity contribution in [3.8, 4) is 0 Å². The maximum absolute atomic E-state index is 14.1. The van der Waals surface area contributed by atoms with Crippen LogP contribution < -0.4 is 14.9 Å². The number of allylic oxidation sites excluding steroid dienone is 1. The van der Waals surface area contributed by atoms with Crippen molar-refractivity contribution in [2.75, 3.05) is 88.2 Å². The molecule has 3 aliphatic rings. The van der Waals surface area contributed by atoms with Gasteiger partial charge in [0.05, 0.1) is 5.56 Å². The summed E-state index contributed by atoms with van der Waals surface area (Å²) in [4.78, 5) is 51.4. The first-order chi connectivity index (χ1) is 31.5. The van der Waals surface area contributed by atoms with E-state index < -0.39 is 38.9 Å². The number of aromatic amines is 1. The molecule has 4 heterocycles. The summed E-state index contributed by atoms with van der Waals surface area (Å²) in [6, 6.07) is 20.5. The Kier molecular flexibility index (Phi) is 14.5. The van der Waals surface area contributed by atoms with Gasteiger partial charge in [-0.1, -0.05) is 54.9 Å². The van der Waals surface area contributed by atoms with Gasteiger partial charge in [-0.25, -0.2) is 4.98 Å². The zero-order valence-corrected chi connectivity index (χ0v) is 40.8. The Balaban J connectivity index is 0.988. The molecule has 0 saturated carbocycles. The minimum absolute atomic E-state index is 0.0722. The molecule has 2 aliphatic heterocycles. The second kappa shape index (κ2) is 19.9. The molecule has 8 rings (SSSR count). The van der Waals surface area contributed by atoms with Crippen LogP contribution in [0.1, 0.15) is 49.0 Å². The SMILES string of the molecule is CC1(C)CCC(CN2CCN(c3ccc(C(=O)NS(=O)(=O)c4ccc(NCC(CO)N5CC[PH](C)(O)CC5)c([N+](=O)[O-])c4)c(Sc4cnc5[nH]ccc5c4)c3)CC2)=C(c2ccc(Cl)cc2)C1. The number of amides is 1. The molecule has 0 bridgehead atoms. The number of pyridine rings is 1. The van der Waals surface area contributed by atoms with E-state index in [1.54, 1.807) is 18.5 Å². The van der Waals surface area contributed by atoms with Crippen LogP contribution in [0.2, 0.25) is 5.02 Å². The van der Waals surface area contributed by atoms with Gasteiger partial charge in [-0.15, -0.1) is 0 Å². The molecule has 0 spiro atoms. The first-order valence-corrected chi connectivity index (χ1v) is 27.9. The number of fused-ring (bicyclic) bond motifs is 1. The number of anilines is 2. The number of aliphatic hydroxyl groups excluding tert-OH is 1. The summed E-state index contributed by atoms with van der Waals surface area (Å²) >= 11 is 7.55. The average Bonchev–Trinajstić information content (AvgIpc) is 3.76. The molecule has 5 N–H and O–H groups in total. The Morgan fingerprint density at radius 2 is 1.77 bits per heavy atom. The second-order valence-corrected chi connectivity index (χ2v) is 25.9. The molecule has 3 aromatic carbocycles. The van der Waals surface area contributed by atoms with Gasteiger partial charge in [0.15, 0.2) is 0 Å². The molecule has 1 unspecified atom stereocenters. The van der Waals surface area contributed by atoms with E-state index in [9.17, 15) is 33.3 Å². The van der Waals surface area contributed by atoms with Crippen LogP contribution in [0.25, 0.3) is 16.6 Å². The molecule has 2 saturated heterocycles. The molecule has 352 valence electrons. The largest absolute Gasteiger partial charge is 0.346 e. The minimum Gasteiger partial charge on any atom is -0.346 e. The van der Waals surface area contributed by atoms with Gasteiger partial charge in [-0.3, -0.25) is 9.69 Å². The third-order valence-electron chi connectivity index (χ3n) is 13.2. The number of benzene rings is 3. The molecule has 15 nitrogen and oxygen atoms in total.